The summed E-state index contributed by atoms with van der Waals surface area (Å²) in [7, 11) is 0. The van der Waals surface area contributed by atoms with Crippen molar-refractivity contribution < 1.29 is 9.85 Å². The van der Waals surface area contributed by atoms with E-state index in [-0.39, 0.29) is 29.7 Å². The number of hydrogen-bond acceptors (Lipinski definition) is 8. The Bertz CT molecular complexity index is 1010. The Hall–Kier alpha value is -3.79. The number of hydrogen-bond donors (Lipinski definition) is 2. The van der Waals surface area contributed by atoms with Gasteiger partial charge in [-0.3, -0.25) is 20.2 Å². The Morgan fingerprint density at radius 3 is 2.25 bits per heavy atom. The number of nitrogens with zero attached hydrogens (tertiary/aromatic N) is 4. The Morgan fingerprint density at radius 1 is 0.964 bits per heavy atom. The molecule has 11 heteroatoms. The van der Waals surface area contributed by atoms with E-state index in [1.807, 2.05) is 0 Å². The SMILES string of the molecule is O=[N+]([O-])c1ccc(CNc2nc(Nc3ccc(Cl)cc3)ncc2[N+](=O)[O-])cc1. The van der Waals surface area contributed by atoms with Crippen molar-refractivity contribution in [3.8, 4) is 0 Å². The summed E-state index contributed by atoms with van der Waals surface area (Å²) < 4.78 is 0. The quantitative estimate of drug-likeness (QED) is 0.442. The lowest BCUT2D eigenvalue weighted by atomic mass is 10.2. The molecule has 3 aromatic rings. The minimum absolute atomic E-state index is 0.0230. The highest BCUT2D eigenvalue weighted by Crippen LogP contribution is 2.25. The third kappa shape index (κ3) is 4.68. The first-order valence-electron chi connectivity index (χ1n) is 7.93. The topological polar surface area (TPSA) is 136 Å². The molecule has 0 amide bonds. The number of nitrogens with one attached hydrogen (secondary N) is 2. The number of nitro benzene ring substituents is 1. The Balaban J connectivity index is 1.78. The van der Waals surface area contributed by atoms with E-state index in [0.717, 1.165) is 6.20 Å². The molecule has 0 saturated heterocycles. The number of anilines is 3. The van der Waals surface area contributed by atoms with Crippen molar-refractivity contribution in [2.45, 2.75) is 6.54 Å². The van der Waals surface area contributed by atoms with E-state index in [0.29, 0.717) is 16.3 Å². The third-order valence-electron chi connectivity index (χ3n) is 3.67. The summed E-state index contributed by atoms with van der Waals surface area (Å²) in [5.74, 6) is 0.189. The van der Waals surface area contributed by atoms with E-state index in [4.69, 9.17) is 11.6 Å². The zero-order valence-electron chi connectivity index (χ0n) is 14.2. The summed E-state index contributed by atoms with van der Waals surface area (Å²) in [5.41, 5.74) is 1.04. The maximum absolute atomic E-state index is 11.2. The highest BCUT2D eigenvalue weighted by molar-refractivity contribution is 6.30. The fourth-order valence-corrected chi connectivity index (χ4v) is 2.41. The van der Waals surface area contributed by atoms with E-state index in [1.165, 1.54) is 12.1 Å². The second-order valence-corrected chi connectivity index (χ2v) is 6.03. The highest BCUT2D eigenvalue weighted by Gasteiger charge is 2.17. The van der Waals surface area contributed by atoms with Crippen molar-refractivity contribution >= 4 is 40.4 Å². The minimum atomic E-state index is -0.593. The maximum atomic E-state index is 11.2. The molecule has 28 heavy (non-hydrogen) atoms. The predicted octanol–water partition coefficient (Wildman–Crippen LogP) is 4.30. The van der Waals surface area contributed by atoms with Gasteiger partial charge >= 0.3 is 5.69 Å². The van der Waals surface area contributed by atoms with E-state index >= 15 is 0 Å². The molecular weight excluding hydrogens is 388 g/mol. The fourth-order valence-electron chi connectivity index (χ4n) is 2.28. The summed E-state index contributed by atoms with van der Waals surface area (Å²) in [4.78, 5) is 29.0. The molecule has 10 nitrogen and oxygen atoms in total. The molecular formula is C17H13ClN6O4. The smallest absolute Gasteiger partial charge is 0.329 e. The lowest BCUT2D eigenvalue weighted by Gasteiger charge is -2.09. The number of non-ortho nitro benzene ring substituents is 1. The number of nitro groups is 2. The van der Waals surface area contributed by atoms with Crippen LogP contribution in [0.25, 0.3) is 0 Å². The Kier molecular flexibility index (Phi) is 5.61. The number of halogens is 1. The number of benzene rings is 2. The first-order chi connectivity index (χ1) is 13.4. The largest absolute Gasteiger partial charge is 0.360 e. The molecule has 3 rings (SSSR count). The van der Waals surface area contributed by atoms with Crippen LogP contribution in [-0.2, 0) is 6.54 Å². The van der Waals surface area contributed by atoms with Crippen molar-refractivity contribution in [3.05, 3.63) is 85.5 Å². The maximum Gasteiger partial charge on any atom is 0.329 e. The van der Waals surface area contributed by atoms with Gasteiger partial charge in [0.1, 0.15) is 6.20 Å². The molecule has 0 atom stereocenters. The Labute approximate surface area is 163 Å². The number of aromatic nitrogens is 2. The summed E-state index contributed by atoms with van der Waals surface area (Å²) >= 11 is 5.84. The average molecular weight is 401 g/mol. The summed E-state index contributed by atoms with van der Waals surface area (Å²) in [6.45, 7) is 0.191. The second-order valence-electron chi connectivity index (χ2n) is 5.59. The van der Waals surface area contributed by atoms with Crippen LogP contribution in [0.5, 0.6) is 0 Å². The fraction of sp³-hybridized carbons (Fsp3) is 0.0588. The van der Waals surface area contributed by atoms with E-state index in [2.05, 4.69) is 20.6 Å². The molecule has 0 saturated carbocycles. The molecule has 1 aromatic heterocycles. The van der Waals surface area contributed by atoms with Gasteiger partial charge < -0.3 is 10.6 Å². The number of rotatable bonds is 7. The van der Waals surface area contributed by atoms with Gasteiger partial charge in [-0.1, -0.05) is 23.7 Å². The van der Waals surface area contributed by atoms with Crippen LogP contribution in [0.2, 0.25) is 5.02 Å². The zero-order valence-corrected chi connectivity index (χ0v) is 15.0. The van der Waals surface area contributed by atoms with Crippen molar-refractivity contribution in [2.24, 2.45) is 0 Å². The van der Waals surface area contributed by atoms with Crippen molar-refractivity contribution in [2.75, 3.05) is 10.6 Å². The molecule has 0 bridgehead atoms. The molecule has 0 spiro atoms. The van der Waals surface area contributed by atoms with E-state index in [1.54, 1.807) is 36.4 Å². The van der Waals surface area contributed by atoms with Gasteiger partial charge in [-0.2, -0.15) is 4.98 Å². The molecule has 0 aliphatic carbocycles. The standard InChI is InChI=1S/C17H13ClN6O4/c18-12-3-5-13(6-4-12)21-17-20-10-15(24(27)28)16(22-17)19-9-11-1-7-14(8-2-11)23(25)26/h1-8,10H,9H2,(H2,19,20,21,22). The van der Waals surface area contributed by atoms with Crippen LogP contribution in [0, 0.1) is 20.2 Å². The predicted molar refractivity (Wildman–Crippen MR) is 104 cm³/mol. The minimum Gasteiger partial charge on any atom is -0.360 e. The molecule has 1 heterocycles. The van der Waals surface area contributed by atoms with Crippen LogP contribution >= 0.6 is 11.6 Å². The van der Waals surface area contributed by atoms with Gasteiger partial charge in [-0.05, 0) is 29.8 Å². The van der Waals surface area contributed by atoms with Crippen LogP contribution < -0.4 is 10.6 Å². The van der Waals surface area contributed by atoms with Gasteiger partial charge in [0.25, 0.3) is 5.69 Å². The van der Waals surface area contributed by atoms with Gasteiger partial charge in [0, 0.05) is 29.4 Å². The lowest BCUT2D eigenvalue weighted by molar-refractivity contribution is -0.384. The molecule has 0 aliphatic rings. The molecule has 0 unspecified atom stereocenters. The van der Waals surface area contributed by atoms with Crippen LogP contribution in [-0.4, -0.2) is 19.8 Å². The van der Waals surface area contributed by atoms with Crippen molar-refractivity contribution in [1.29, 1.82) is 0 Å². The first-order valence-corrected chi connectivity index (χ1v) is 8.31. The van der Waals surface area contributed by atoms with Crippen molar-refractivity contribution in [3.63, 3.8) is 0 Å². The second kappa shape index (κ2) is 8.27. The average Bonchev–Trinajstić information content (AvgIpc) is 2.68. The zero-order chi connectivity index (χ0) is 20.1. The van der Waals surface area contributed by atoms with Gasteiger partial charge in [0.15, 0.2) is 0 Å². The molecule has 142 valence electrons. The summed E-state index contributed by atoms with van der Waals surface area (Å²) in [6.07, 6.45) is 1.10. The molecule has 0 radical (unpaired) electrons. The van der Waals surface area contributed by atoms with Crippen LogP contribution in [0.15, 0.2) is 54.7 Å². The van der Waals surface area contributed by atoms with Gasteiger partial charge in [-0.25, -0.2) is 4.98 Å². The highest BCUT2D eigenvalue weighted by atomic mass is 35.5. The lowest BCUT2D eigenvalue weighted by Crippen LogP contribution is -2.07. The van der Waals surface area contributed by atoms with E-state index in [9.17, 15) is 20.2 Å². The molecule has 0 aliphatic heterocycles. The third-order valence-corrected chi connectivity index (χ3v) is 3.93. The van der Waals surface area contributed by atoms with Gasteiger partial charge in [-0.15, -0.1) is 0 Å². The normalized spacial score (nSPS) is 10.3. The molecule has 2 N–H and O–H groups in total. The van der Waals surface area contributed by atoms with Crippen molar-refractivity contribution in [1.82, 2.24) is 9.97 Å². The Morgan fingerprint density at radius 2 is 1.64 bits per heavy atom. The molecule has 2 aromatic carbocycles. The van der Waals surface area contributed by atoms with Crippen LogP contribution in [0.1, 0.15) is 5.56 Å². The van der Waals surface area contributed by atoms with Crippen LogP contribution in [0.4, 0.5) is 28.8 Å². The van der Waals surface area contributed by atoms with E-state index < -0.39 is 9.85 Å². The van der Waals surface area contributed by atoms with Gasteiger partial charge in [0.05, 0.1) is 9.85 Å². The van der Waals surface area contributed by atoms with Gasteiger partial charge in [0.2, 0.25) is 11.8 Å². The monoisotopic (exact) mass is 400 g/mol. The van der Waals surface area contributed by atoms with Crippen LogP contribution in [0.3, 0.4) is 0 Å². The summed E-state index contributed by atoms with van der Waals surface area (Å²) in [5, 5.41) is 28.3. The molecule has 0 fully saturated rings. The first kappa shape index (κ1) is 19.0. The summed E-state index contributed by atoms with van der Waals surface area (Å²) in [6, 6.07) is 12.6.